The van der Waals surface area contributed by atoms with E-state index in [1.165, 1.54) is 0 Å². The van der Waals surface area contributed by atoms with Gasteiger partial charge in [-0.3, -0.25) is 4.79 Å². The van der Waals surface area contributed by atoms with E-state index in [1.54, 1.807) is 4.90 Å². The zero-order valence-electron chi connectivity index (χ0n) is 15.7. The number of nitrogens with zero attached hydrogens (tertiary/aromatic N) is 1. The van der Waals surface area contributed by atoms with E-state index in [9.17, 15) is 9.59 Å². The number of fused-ring (bicyclic) bond motifs is 1. The van der Waals surface area contributed by atoms with Gasteiger partial charge in [0.2, 0.25) is 5.91 Å². The zero-order valence-corrected chi connectivity index (χ0v) is 15.7. The Morgan fingerprint density at radius 2 is 1.89 bits per heavy atom. The number of aryl methyl sites for hydroxylation is 1. The molecule has 2 heterocycles. The molecule has 2 atom stereocenters. The molecule has 1 saturated heterocycles. The van der Waals surface area contributed by atoms with Gasteiger partial charge in [-0.2, -0.15) is 0 Å². The maximum Gasteiger partial charge on any atom is 0.315 e. The van der Waals surface area contributed by atoms with Crippen molar-refractivity contribution in [2.75, 3.05) is 24.6 Å². The largest absolute Gasteiger partial charge is 0.486 e. The molecular formula is C21H23N3O4. The van der Waals surface area contributed by atoms with Gasteiger partial charge in [0.25, 0.3) is 0 Å². The van der Waals surface area contributed by atoms with Crippen LogP contribution >= 0.6 is 0 Å². The summed E-state index contributed by atoms with van der Waals surface area (Å²) in [4.78, 5) is 26.2. The molecule has 2 aromatic carbocycles. The predicted molar refractivity (Wildman–Crippen MR) is 105 cm³/mol. The predicted octanol–water partition coefficient (Wildman–Crippen LogP) is 2.24. The van der Waals surface area contributed by atoms with Gasteiger partial charge in [0, 0.05) is 18.7 Å². The monoisotopic (exact) mass is 381 g/mol. The van der Waals surface area contributed by atoms with Crippen molar-refractivity contribution in [1.82, 2.24) is 10.6 Å². The van der Waals surface area contributed by atoms with Gasteiger partial charge in [0.05, 0.1) is 12.6 Å². The van der Waals surface area contributed by atoms with Crippen molar-refractivity contribution in [2.24, 2.45) is 0 Å². The molecular weight excluding hydrogens is 358 g/mol. The molecule has 28 heavy (non-hydrogen) atoms. The van der Waals surface area contributed by atoms with Gasteiger partial charge in [-0.15, -0.1) is 0 Å². The number of hydrogen-bond donors (Lipinski definition) is 2. The lowest BCUT2D eigenvalue weighted by Crippen LogP contribution is -2.47. The summed E-state index contributed by atoms with van der Waals surface area (Å²) in [5.41, 5.74) is 1.99. The molecule has 0 saturated carbocycles. The van der Waals surface area contributed by atoms with E-state index in [2.05, 4.69) is 10.6 Å². The van der Waals surface area contributed by atoms with Gasteiger partial charge >= 0.3 is 6.03 Å². The lowest BCUT2D eigenvalue weighted by atomic mass is 10.2. The average molecular weight is 381 g/mol. The number of amides is 3. The van der Waals surface area contributed by atoms with Gasteiger partial charge in [-0.25, -0.2) is 4.79 Å². The van der Waals surface area contributed by atoms with E-state index in [-0.39, 0.29) is 30.5 Å². The average Bonchev–Trinajstić information content (AvgIpc) is 3.06. The summed E-state index contributed by atoms with van der Waals surface area (Å²) in [5.74, 6) is 1.40. The first-order valence-electron chi connectivity index (χ1n) is 9.38. The van der Waals surface area contributed by atoms with Crippen LogP contribution in [0.3, 0.4) is 0 Å². The van der Waals surface area contributed by atoms with Crippen molar-refractivity contribution in [3.05, 3.63) is 54.1 Å². The highest BCUT2D eigenvalue weighted by atomic mass is 16.6. The quantitative estimate of drug-likeness (QED) is 0.851. The molecule has 0 aliphatic carbocycles. The Labute approximate surface area is 163 Å². The summed E-state index contributed by atoms with van der Waals surface area (Å²) in [5, 5.41) is 5.67. The first kappa shape index (κ1) is 18.2. The fourth-order valence-corrected chi connectivity index (χ4v) is 3.39. The lowest BCUT2D eigenvalue weighted by molar-refractivity contribution is -0.117. The van der Waals surface area contributed by atoms with E-state index in [4.69, 9.17) is 9.47 Å². The van der Waals surface area contributed by atoms with Crippen molar-refractivity contribution >= 4 is 17.6 Å². The number of anilines is 1. The third-order valence-corrected chi connectivity index (χ3v) is 4.86. The van der Waals surface area contributed by atoms with Crippen molar-refractivity contribution < 1.29 is 19.1 Å². The van der Waals surface area contributed by atoms with Crippen LogP contribution < -0.4 is 25.0 Å². The Morgan fingerprint density at radius 3 is 2.68 bits per heavy atom. The van der Waals surface area contributed by atoms with Crippen LogP contribution in [0, 0.1) is 6.92 Å². The second-order valence-corrected chi connectivity index (χ2v) is 7.09. The highest BCUT2D eigenvalue weighted by Gasteiger charge is 2.31. The summed E-state index contributed by atoms with van der Waals surface area (Å²) in [6.07, 6.45) is 0.0347. The number of hydrogen-bond acceptors (Lipinski definition) is 4. The van der Waals surface area contributed by atoms with Gasteiger partial charge in [0.1, 0.15) is 6.61 Å². The molecule has 2 aromatic rings. The van der Waals surface area contributed by atoms with E-state index in [1.807, 2.05) is 55.5 Å². The van der Waals surface area contributed by atoms with Gasteiger partial charge in [0.15, 0.2) is 17.6 Å². The Kier molecular flexibility index (Phi) is 5.06. The second-order valence-electron chi connectivity index (χ2n) is 7.09. The number of urea groups is 1. The Bertz CT molecular complexity index is 868. The van der Waals surface area contributed by atoms with Crippen molar-refractivity contribution in [2.45, 2.75) is 25.5 Å². The molecule has 4 rings (SSSR count). The number of rotatable bonds is 4. The number of carbonyl (C=O) groups is 2. The van der Waals surface area contributed by atoms with Gasteiger partial charge in [-0.1, -0.05) is 29.8 Å². The molecule has 7 nitrogen and oxygen atoms in total. The molecule has 2 aliphatic rings. The minimum absolute atomic E-state index is 0.00905. The fraction of sp³-hybridized carbons (Fsp3) is 0.333. The standard InChI is InChI=1S/C21H23N3O4/c1-14-6-8-16(9-7-14)24-12-15(10-20(24)25)23-21(26)22-11-17-13-27-18-4-2-3-5-19(18)28-17/h2-9,15,17H,10-13H2,1H3,(H2,22,23,26)/t15-,17-/m0/s1. The van der Waals surface area contributed by atoms with Crippen LogP contribution in [0.15, 0.2) is 48.5 Å². The second kappa shape index (κ2) is 7.80. The van der Waals surface area contributed by atoms with Crippen molar-refractivity contribution in [3.8, 4) is 11.5 Å². The molecule has 0 unspecified atom stereocenters. The van der Waals surface area contributed by atoms with E-state index >= 15 is 0 Å². The smallest absolute Gasteiger partial charge is 0.315 e. The first-order valence-corrected chi connectivity index (χ1v) is 9.38. The Morgan fingerprint density at radius 1 is 1.14 bits per heavy atom. The van der Waals surface area contributed by atoms with Gasteiger partial charge < -0.3 is 25.0 Å². The summed E-state index contributed by atoms with van der Waals surface area (Å²) >= 11 is 0. The maximum atomic E-state index is 12.3. The topological polar surface area (TPSA) is 79.9 Å². The molecule has 2 N–H and O–H groups in total. The summed E-state index contributed by atoms with van der Waals surface area (Å²) in [6, 6.07) is 14.7. The summed E-state index contributed by atoms with van der Waals surface area (Å²) in [6.45, 7) is 3.17. The summed E-state index contributed by atoms with van der Waals surface area (Å²) in [7, 11) is 0. The molecule has 0 radical (unpaired) electrons. The van der Waals surface area contributed by atoms with Crippen molar-refractivity contribution in [3.63, 3.8) is 0 Å². The minimum atomic E-state index is -0.314. The van der Waals surface area contributed by atoms with Crippen molar-refractivity contribution in [1.29, 1.82) is 0 Å². The van der Waals surface area contributed by atoms with Gasteiger partial charge in [-0.05, 0) is 31.2 Å². The van der Waals surface area contributed by atoms with Crippen LogP contribution in [-0.2, 0) is 4.79 Å². The number of carbonyl (C=O) groups excluding carboxylic acids is 2. The maximum absolute atomic E-state index is 12.3. The molecule has 3 amide bonds. The molecule has 1 fully saturated rings. The molecule has 0 aromatic heterocycles. The first-order chi connectivity index (χ1) is 13.6. The lowest BCUT2D eigenvalue weighted by Gasteiger charge is -2.26. The highest BCUT2D eigenvalue weighted by Crippen LogP contribution is 2.30. The van der Waals surface area contributed by atoms with Crippen LogP contribution in [0.4, 0.5) is 10.5 Å². The third kappa shape index (κ3) is 4.03. The minimum Gasteiger partial charge on any atom is -0.486 e. The Balaban J connectivity index is 1.25. The number of para-hydroxylation sites is 2. The van der Waals surface area contributed by atoms with Crippen LogP contribution in [0.1, 0.15) is 12.0 Å². The van der Waals surface area contributed by atoms with E-state index in [0.717, 1.165) is 11.3 Å². The van der Waals surface area contributed by atoms with Crippen LogP contribution in [0.25, 0.3) is 0 Å². The molecule has 0 spiro atoms. The fourth-order valence-electron chi connectivity index (χ4n) is 3.39. The highest BCUT2D eigenvalue weighted by molar-refractivity contribution is 5.96. The Hall–Kier alpha value is -3.22. The third-order valence-electron chi connectivity index (χ3n) is 4.86. The number of nitrogens with one attached hydrogen (secondary N) is 2. The molecule has 146 valence electrons. The van der Waals surface area contributed by atoms with E-state index in [0.29, 0.717) is 31.2 Å². The van der Waals surface area contributed by atoms with E-state index < -0.39 is 0 Å². The summed E-state index contributed by atoms with van der Waals surface area (Å²) < 4.78 is 11.5. The SMILES string of the molecule is Cc1ccc(N2C[C@@H](NC(=O)NC[C@H]3COc4ccccc4O3)CC2=O)cc1. The zero-order chi connectivity index (χ0) is 19.5. The number of ether oxygens (including phenoxy) is 2. The van der Waals surface area contributed by atoms with Crippen LogP contribution in [0.5, 0.6) is 11.5 Å². The molecule has 2 aliphatic heterocycles. The molecule has 0 bridgehead atoms. The normalized spacial score (nSPS) is 20.8. The van der Waals surface area contributed by atoms with Crippen LogP contribution in [-0.4, -0.2) is 43.8 Å². The van der Waals surface area contributed by atoms with Crippen LogP contribution in [0.2, 0.25) is 0 Å². The molecule has 7 heteroatoms. The number of benzene rings is 2.